The number of rotatable bonds is 6. The Hall–Kier alpha value is -6.97. The molecule has 0 N–H and O–H groups in total. The van der Waals surface area contributed by atoms with E-state index in [1.807, 2.05) is 12.3 Å². The third-order valence-corrected chi connectivity index (χ3v) is 10.7. The van der Waals surface area contributed by atoms with Gasteiger partial charge in [-0.25, -0.2) is 9.97 Å². The van der Waals surface area contributed by atoms with Gasteiger partial charge < -0.3 is 0 Å². The maximum atomic E-state index is 5.28. The number of hydrogen-bond acceptors (Lipinski definition) is 3. The summed E-state index contributed by atoms with van der Waals surface area (Å²) in [5.74, 6) is 0.844. The van der Waals surface area contributed by atoms with Crippen LogP contribution in [0.15, 0.2) is 194 Å². The van der Waals surface area contributed by atoms with Gasteiger partial charge in [-0.1, -0.05) is 164 Å². The molecule has 0 saturated carbocycles. The molecule has 0 fully saturated rings. The summed E-state index contributed by atoms with van der Waals surface area (Å²) in [6.07, 6.45) is 11.2. The van der Waals surface area contributed by atoms with Crippen molar-refractivity contribution in [3.8, 4) is 44.8 Å². The summed E-state index contributed by atoms with van der Waals surface area (Å²) in [6, 6.07) is 58.5. The van der Waals surface area contributed by atoms with Gasteiger partial charge in [-0.15, -0.1) is 0 Å². The summed E-state index contributed by atoms with van der Waals surface area (Å²) >= 11 is 0. The molecule has 1 atom stereocenters. The summed E-state index contributed by atoms with van der Waals surface area (Å²) in [7, 11) is 0. The molecule has 0 saturated heterocycles. The molecule has 2 heterocycles. The van der Waals surface area contributed by atoms with Crippen LogP contribution in [0.5, 0.6) is 0 Å². The third kappa shape index (κ3) is 5.86. The Morgan fingerprint density at radius 1 is 0.407 bits per heavy atom. The van der Waals surface area contributed by atoms with E-state index in [4.69, 9.17) is 9.97 Å². The van der Waals surface area contributed by atoms with Crippen molar-refractivity contribution in [1.82, 2.24) is 15.0 Å². The fourth-order valence-electron chi connectivity index (χ4n) is 7.94. The van der Waals surface area contributed by atoms with Gasteiger partial charge in [0.15, 0.2) is 0 Å². The average molecular weight is 690 g/mol. The van der Waals surface area contributed by atoms with Crippen molar-refractivity contribution in [2.45, 2.75) is 12.3 Å². The van der Waals surface area contributed by atoms with E-state index in [-0.39, 0.29) is 5.92 Å². The van der Waals surface area contributed by atoms with Gasteiger partial charge in [0.25, 0.3) is 0 Å². The number of aromatic nitrogens is 3. The molecule has 3 nitrogen and oxygen atoms in total. The van der Waals surface area contributed by atoms with Crippen molar-refractivity contribution in [1.29, 1.82) is 0 Å². The lowest BCUT2D eigenvalue weighted by Crippen LogP contribution is -2.07. The number of pyridine rings is 1. The summed E-state index contributed by atoms with van der Waals surface area (Å²) in [5.41, 5.74) is 11.1. The maximum Gasteiger partial charge on any atom is 0.136 e. The van der Waals surface area contributed by atoms with Crippen LogP contribution in [0.4, 0.5) is 0 Å². The van der Waals surface area contributed by atoms with Gasteiger partial charge in [-0.05, 0) is 90.3 Å². The van der Waals surface area contributed by atoms with Gasteiger partial charge in [-0.3, -0.25) is 4.98 Å². The van der Waals surface area contributed by atoms with Crippen LogP contribution in [-0.2, 0) is 0 Å². The smallest absolute Gasteiger partial charge is 0.136 e. The van der Waals surface area contributed by atoms with Crippen LogP contribution < -0.4 is 0 Å². The van der Waals surface area contributed by atoms with Gasteiger partial charge in [0.2, 0.25) is 0 Å². The first-order valence-corrected chi connectivity index (χ1v) is 18.5. The molecule has 0 radical (unpaired) electrons. The second-order valence-corrected chi connectivity index (χ2v) is 14.0. The second kappa shape index (κ2) is 13.5. The Morgan fingerprint density at radius 3 is 1.52 bits per heavy atom. The summed E-state index contributed by atoms with van der Waals surface area (Å²) in [6.45, 7) is 0. The summed E-state index contributed by atoms with van der Waals surface area (Å²) < 4.78 is 0. The van der Waals surface area contributed by atoms with E-state index in [1.165, 1.54) is 54.6 Å². The quantitative estimate of drug-likeness (QED) is 0.163. The zero-order chi connectivity index (χ0) is 35.8. The second-order valence-electron chi connectivity index (χ2n) is 14.0. The normalized spacial score (nSPS) is 14.1. The molecule has 1 aliphatic carbocycles. The van der Waals surface area contributed by atoms with E-state index in [1.54, 1.807) is 6.20 Å². The maximum absolute atomic E-state index is 5.28. The molecule has 9 aromatic rings. The fourth-order valence-corrected chi connectivity index (χ4v) is 7.94. The Bertz CT molecular complexity index is 2740. The van der Waals surface area contributed by atoms with Crippen molar-refractivity contribution in [2.24, 2.45) is 0 Å². The SMILES string of the molecule is C1=CC(c2nc(-c3ccc(-c4ccccc4)cc3)cc(-c3ccc(-c4cccnc4)cc3)n2)CC(c2ccc3c4ccccc4c4ccccc4c3c2)=C1. The van der Waals surface area contributed by atoms with Gasteiger partial charge >= 0.3 is 0 Å². The van der Waals surface area contributed by atoms with Crippen LogP contribution in [0.2, 0.25) is 0 Å². The molecule has 54 heavy (non-hydrogen) atoms. The van der Waals surface area contributed by atoms with Crippen molar-refractivity contribution >= 4 is 37.9 Å². The van der Waals surface area contributed by atoms with E-state index in [0.717, 1.165) is 45.9 Å². The molecule has 1 unspecified atom stereocenters. The monoisotopic (exact) mass is 689 g/mol. The van der Waals surface area contributed by atoms with E-state index < -0.39 is 0 Å². The summed E-state index contributed by atoms with van der Waals surface area (Å²) in [5, 5.41) is 7.72. The van der Waals surface area contributed by atoms with Crippen LogP contribution >= 0.6 is 0 Å². The lowest BCUT2D eigenvalue weighted by atomic mass is 9.87. The number of allylic oxidation sites excluding steroid dienone is 4. The first-order valence-electron chi connectivity index (χ1n) is 18.5. The zero-order valence-corrected chi connectivity index (χ0v) is 29.6. The molecule has 1 aliphatic rings. The highest BCUT2D eigenvalue weighted by Crippen LogP contribution is 2.39. The first-order chi connectivity index (χ1) is 26.7. The molecule has 3 heteroatoms. The standard InChI is InChI=1S/C51H35N3/c1-2-10-34(11-3-1)35-19-23-37(24-20-35)49-32-50(38-25-21-36(22-26-38)42-14-9-29-52-33-42)54-51(53-49)41-13-8-12-39(30-41)40-27-28-47-45-17-5-4-15-43(45)44-16-6-7-18-46(44)48(47)31-40/h1-29,31-33,41H,30H2. The topological polar surface area (TPSA) is 38.7 Å². The molecule has 254 valence electrons. The molecule has 0 aliphatic heterocycles. The first kappa shape index (κ1) is 31.7. The molecule has 0 bridgehead atoms. The minimum Gasteiger partial charge on any atom is -0.264 e. The number of benzene rings is 7. The van der Waals surface area contributed by atoms with Gasteiger partial charge in [-0.2, -0.15) is 0 Å². The molecule has 7 aromatic carbocycles. The Kier molecular flexibility index (Phi) is 7.96. The number of hydrogen-bond donors (Lipinski definition) is 0. The highest BCUT2D eigenvalue weighted by Gasteiger charge is 2.21. The summed E-state index contributed by atoms with van der Waals surface area (Å²) in [4.78, 5) is 14.9. The van der Waals surface area contributed by atoms with E-state index in [9.17, 15) is 0 Å². The highest BCUT2D eigenvalue weighted by atomic mass is 14.9. The lowest BCUT2D eigenvalue weighted by Gasteiger charge is -2.20. The van der Waals surface area contributed by atoms with E-state index >= 15 is 0 Å². The minimum absolute atomic E-state index is 0.0194. The van der Waals surface area contributed by atoms with Crippen molar-refractivity contribution in [2.75, 3.05) is 0 Å². The van der Waals surface area contributed by atoms with Crippen molar-refractivity contribution in [3.05, 3.63) is 206 Å². The molecular weight excluding hydrogens is 655 g/mol. The minimum atomic E-state index is 0.0194. The number of nitrogens with zero attached hydrogens (tertiary/aromatic N) is 3. The predicted octanol–water partition coefficient (Wildman–Crippen LogP) is 13.1. The highest BCUT2D eigenvalue weighted by molar-refractivity contribution is 6.25. The number of fused-ring (bicyclic) bond motifs is 6. The van der Waals surface area contributed by atoms with Crippen LogP contribution in [0.25, 0.3) is 82.7 Å². The molecular formula is C51H35N3. The lowest BCUT2D eigenvalue weighted by molar-refractivity contribution is 0.785. The Morgan fingerprint density at radius 2 is 0.907 bits per heavy atom. The molecule has 0 amide bonds. The largest absolute Gasteiger partial charge is 0.264 e. The Balaban J connectivity index is 1.03. The van der Waals surface area contributed by atoms with Crippen molar-refractivity contribution < 1.29 is 0 Å². The van der Waals surface area contributed by atoms with E-state index in [2.05, 4.69) is 181 Å². The van der Waals surface area contributed by atoms with Gasteiger partial charge in [0.05, 0.1) is 11.4 Å². The van der Waals surface area contributed by atoms with E-state index in [0.29, 0.717) is 0 Å². The van der Waals surface area contributed by atoms with Crippen LogP contribution in [0.3, 0.4) is 0 Å². The van der Waals surface area contributed by atoms with Crippen LogP contribution in [0.1, 0.15) is 23.7 Å². The zero-order valence-electron chi connectivity index (χ0n) is 29.6. The van der Waals surface area contributed by atoms with Crippen molar-refractivity contribution in [3.63, 3.8) is 0 Å². The van der Waals surface area contributed by atoms with Gasteiger partial charge in [0.1, 0.15) is 5.82 Å². The Labute approximate surface area is 314 Å². The molecule has 10 rings (SSSR count). The third-order valence-electron chi connectivity index (χ3n) is 10.7. The molecule has 0 spiro atoms. The average Bonchev–Trinajstić information content (AvgIpc) is 3.27. The molecule has 2 aromatic heterocycles. The van der Waals surface area contributed by atoms with Crippen LogP contribution in [-0.4, -0.2) is 15.0 Å². The van der Waals surface area contributed by atoms with Gasteiger partial charge in [0, 0.05) is 29.4 Å². The predicted molar refractivity (Wildman–Crippen MR) is 225 cm³/mol. The fraction of sp³-hybridized carbons (Fsp3) is 0.0392. The van der Waals surface area contributed by atoms with Crippen LogP contribution in [0, 0.1) is 0 Å².